The molecule has 0 aliphatic carbocycles. The first-order valence-corrected chi connectivity index (χ1v) is 5.31. The topological polar surface area (TPSA) is 15.3 Å². The molecule has 2 nitrogen and oxygen atoms in total. The number of hydrogen-bond acceptors (Lipinski definition) is 2. The van der Waals surface area contributed by atoms with Crippen molar-refractivity contribution in [3.63, 3.8) is 0 Å². The van der Waals surface area contributed by atoms with E-state index in [4.69, 9.17) is 0 Å². The highest BCUT2D eigenvalue weighted by molar-refractivity contribution is 4.91. The number of likely N-dealkylation sites (tertiary alicyclic amines) is 1. The molecule has 2 fully saturated rings. The molecule has 0 spiro atoms. The molecule has 2 rings (SSSR count). The minimum atomic E-state index is -0.933. The Morgan fingerprint density at radius 2 is 2.38 bits per heavy atom. The lowest BCUT2D eigenvalue weighted by Crippen LogP contribution is -2.45. The van der Waals surface area contributed by atoms with E-state index < -0.39 is 5.67 Å². The van der Waals surface area contributed by atoms with Crippen molar-refractivity contribution >= 4 is 0 Å². The molecular weight excluding hydrogens is 167 g/mol. The van der Waals surface area contributed by atoms with Gasteiger partial charge in [0.2, 0.25) is 0 Å². The fourth-order valence-corrected chi connectivity index (χ4v) is 2.42. The highest BCUT2D eigenvalue weighted by atomic mass is 19.1. The zero-order valence-electron chi connectivity index (χ0n) is 8.35. The van der Waals surface area contributed by atoms with E-state index in [1.807, 2.05) is 0 Å². The van der Waals surface area contributed by atoms with Crippen LogP contribution in [0.5, 0.6) is 0 Å². The first-order chi connectivity index (χ1) is 6.17. The molecule has 2 heterocycles. The van der Waals surface area contributed by atoms with Crippen molar-refractivity contribution in [2.75, 3.05) is 26.2 Å². The van der Waals surface area contributed by atoms with Gasteiger partial charge in [-0.2, -0.15) is 0 Å². The van der Waals surface area contributed by atoms with Crippen LogP contribution in [0.15, 0.2) is 0 Å². The fourth-order valence-electron chi connectivity index (χ4n) is 2.42. The van der Waals surface area contributed by atoms with E-state index in [1.165, 1.54) is 12.8 Å². The van der Waals surface area contributed by atoms with Crippen LogP contribution in [-0.4, -0.2) is 42.8 Å². The molecule has 0 saturated carbocycles. The molecule has 0 amide bonds. The van der Waals surface area contributed by atoms with Gasteiger partial charge in [0, 0.05) is 25.7 Å². The molecule has 0 aromatic carbocycles. The molecule has 3 heteroatoms. The standard InChI is InChI=1S/C10H19FN2/c1-10(11)4-6-13(8-10)9-3-2-5-12-7-9/h9,12H,2-8H2,1H3. The van der Waals surface area contributed by atoms with Gasteiger partial charge in [-0.3, -0.25) is 4.90 Å². The third-order valence-corrected chi connectivity index (χ3v) is 3.24. The Kier molecular flexibility index (Phi) is 2.56. The fraction of sp³-hybridized carbons (Fsp3) is 1.00. The van der Waals surface area contributed by atoms with E-state index >= 15 is 0 Å². The molecule has 13 heavy (non-hydrogen) atoms. The average molecular weight is 186 g/mol. The number of nitrogens with zero attached hydrogens (tertiary/aromatic N) is 1. The third kappa shape index (κ3) is 2.20. The lowest BCUT2D eigenvalue weighted by atomic mass is 10.1. The molecule has 0 radical (unpaired) electrons. The van der Waals surface area contributed by atoms with Crippen LogP contribution < -0.4 is 5.32 Å². The van der Waals surface area contributed by atoms with Crippen LogP contribution in [-0.2, 0) is 0 Å². The van der Waals surface area contributed by atoms with E-state index in [9.17, 15) is 4.39 Å². The second-order valence-electron chi connectivity index (χ2n) is 4.63. The predicted octanol–water partition coefficient (Wildman–Crippen LogP) is 1.17. The Bertz CT molecular complexity index is 176. The van der Waals surface area contributed by atoms with Crippen LogP contribution in [0.3, 0.4) is 0 Å². The highest BCUT2D eigenvalue weighted by Crippen LogP contribution is 2.27. The summed E-state index contributed by atoms with van der Waals surface area (Å²) in [7, 11) is 0. The van der Waals surface area contributed by atoms with Crippen molar-refractivity contribution in [3.8, 4) is 0 Å². The largest absolute Gasteiger partial charge is 0.315 e. The molecule has 2 unspecified atom stereocenters. The lowest BCUT2D eigenvalue weighted by Gasteiger charge is -2.31. The van der Waals surface area contributed by atoms with Crippen molar-refractivity contribution in [2.45, 2.75) is 37.9 Å². The van der Waals surface area contributed by atoms with Gasteiger partial charge in [-0.25, -0.2) is 4.39 Å². The lowest BCUT2D eigenvalue weighted by molar-refractivity contribution is 0.149. The Balaban J connectivity index is 1.87. The molecule has 0 bridgehead atoms. The van der Waals surface area contributed by atoms with Crippen LogP contribution in [0.4, 0.5) is 4.39 Å². The summed E-state index contributed by atoms with van der Waals surface area (Å²) in [5, 5.41) is 3.37. The summed E-state index contributed by atoms with van der Waals surface area (Å²) >= 11 is 0. The Hall–Kier alpha value is -0.150. The Morgan fingerprint density at radius 1 is 1.54 bits per heavy atom. The van der Waals surface area contributed by atoms with Gasteiger partial charge in [0.1, 0.15) is 5.67 Å². The summed E-state index contributed by atoms with van der Waals surface area (Å²) in [6.45, 7) is 5.50. The van der Waals surface area contributed by atoms with Gasteiger partial charge in [-0.15, -0.1) is 0 Å². The number of nitrogens with one attached hydrogen (secondary N) is 1. The predicted molar refractivity (Wildman–Crippen MR) is 51.6 cm³/mol. The van der Waals surface area contributed by atoms with Gasteiger partial charge in [-0.1, -0.05) is 0 Å². The Morgan fingerprint density at radius 3 is 2.92 bits per heavy atom. The molecular formula is C10H19FN2. The van der Waals surface area contributed by atoms with Crippen LogP contribution in [0.25, 0.3) is 0 Å². The van der Waals surface area contributed by atoms with E-state index in [2.05, 4.69) is 10.2 Å². The molecule has 2 aliphatic heterocycles. The first kappa shape index (κ1) is 9.41. The second-order valence-corrected chi connectivity index (χ2v) is 4.63. The summed E-state index contributed by atoms with van der Waals surface area (Å²) < 4.78 is 13.6. The molecule has 2 atom stereocenters. The monoisotopic (exact) mass is 186 g/mol. The van der Waals surface area contributed by atoms with Gasteiger partial charge in [0.15, 0.2) is 0 Å². The van der Waals surface area contributed by atoms with Crippen molar-refractivity contribution in [1.29, 1.82) is 0 Å². The van der Waals surface area contributed by atoms with E-state index in [0.29, 0.717) is 19.0 Å². The summed E-state index contributed by atoms with van der Waals surface area (Å²) in [5.74, 6) is 0. The second kappa shape index (κ2) is 3.54. The summed E-state index contributed by atoms with van der Waals surface area (Å²) in [5.41, 5.74) is -0.933. The first-order valence-electron chi connectivity index (χ1n) is 5.31. The number of alkyl halides is 1. The molecule has 2 aliphatic rings. The van der Waals surface area contributed by atoms with Gasteiger partial charge in [0.05, 0.1) is 0 Å². The van der Waals surface area contributed by atoms with Gasteiger partial charge >= 0.3 is 0 Å². The van der Waals surface area contributed by atoms with E-state index in [0.717, 1.165) is 19.6 Å². The number of halogens is 1. The van der Waals surface area contributed by atoms with Crippen LogP contribution in [0.2, 0.25) is 0 Å². The molecule has 1 N–H and O–H groups in total. The zero-order chi connectivity index (χ0) is 9.31. The Labute approximate surface area is 79.5 Å². The summed E-state index contributed by atoms with van der Waals surface area (Å²) in [6, 6.07) is 0.589. The van der Waals surface area contributed by atoms with Crippen molar-refractivity contribution in [3.05, 3.63) is 0 Å². The van der Waals surface area contributed by atoms with Crippen molar-refractivity contribution in [1.82, 2.24) is 10.2 Å². The smallest absolute Gasteiger partial charge is 0.122 e. The molecule has 2 saturated heterocycles. The zero-order valence-corrected chi connectivity index (χ0v) is 8.35. The molecule has 0 aromatic heterocycles. The third-order valence-electron chi connectivity index (χ3n) is 3.24. The maximum Gasteiger partial charge on any atom is 0.122 e. The molecule has 0 aromatic rings. The van der Waals surface area contributed by atoms with Crippen LogP contribution in [0, 0.1) is 0 Å². The molecule has 76 valence electrons. The van der Waals surface area contributed by atoms with Gasteiger partial charge in [0.25, 0.3) is 0 Å². The van der Waals surface area contributed by atoms with Crippen LogP contribution in [0.1, 0.15) is 26.2 Å². The number of rotatable bonds is 1. The minimum absolute atomic E-state index is 0.589. The van der Waals surface area contributed by atoms with Gasteiger partial charge < -0.3 is 5.32 Å². The summed E-state index contributed by atoms with van der Waals surface area (Å²) in [4.78, 5) is 2.31. The van der Waals surface area contributed by atoms with Crippen molar-refractivity contribution in [2.24, 2.45) is 0 Å². The van der Waals surface area contributed by atoms with Gasteiger partial charge in [-0.05, 0) is 32.7 Å². The normalized spacial score (nSPS) is 42.5. The summed E-state index contributed by atoms with van der Waals surface area (Å²) in [6.07, 6.45) is 3.19. The number of piperidine rings is 1. The van der Waals surface area contributed by atoms with E-state index in [1.54, 1.807) is 6.92 Å². The van der Waals surface area contributed by atoms with E-state index in [-0.39, 0.29) is 0 Å². The quantitative estimate of drug-likeness (QED) is 0.661. The maximum absolute atomic E-state index is 13.6. The number of hydrogen-bond donors (Lipinski definition) is 1. The highest BCUT2D eigenvalue weighted by Gasteiger charge is 2.36. The SMILES string of the molecule is CC1(F)CCN(C2CCCNC2)C1. The maximum atomic E-state index is 13.6. The van der Waals surface area contributed by atoms with Crippen LogP contribution >= 0.6 is 0 Å². The van der Waals surface area contributed by atoms with Crippen molar-refractivity contribution < 1.29 is 4.39 Å². The average Bonchev–Trinajstić information content (AvgIpc) is 2.48. The minimum Gasteiger partial charge on any atom is -0.315 e.